The van der Waals surface area contributed by atoms with Crippen molar-refractivity contribution in [3.8, 4) is 0 Å². The number of anilines is 2. The van der Waals surface area contributed by atoms with E-state index in [-0.39, 0.29) is 5.91 Å². The minimum atomic E-state index is -0.717. The van der Waals surface area contributed by atoms with Gasteiger partial charge in [-0.1, -0.05) is 23.4 Å². The molecule has 7 nitrogen and oxygen atoms in total. The molecule has 0 fully saturated rings. The van der Waals surface area contributed by atoms with Gasteiger partial charge in [-0.15, -0.1) is 0 Å². The molecule has 1 atom stereocenters. The summed E-state index contributed by atoms with van der Waals surface area (Å²) in [6.07, 6.45) is 0. The van der Waals surface area contributed by atoms with Crippen LogP contribution >= 0.6 is 0 Å². The van der Waals surface area contributed by atoms with Gasteiger partial charge >= 0.3 is 6.03 Å². The molecule has 0 saturated carbocycles. The Morgan fingerprint density at radius 2 is 1.90 bits per heavy atom. The largest absolute Gasteiger partial charge is 0.360 e. The normalized spacial score (nSPS) is 11.5. The van der Waals surface area contributed by atoms with Crippen LogP contribution in [0.15, 0.2) is 40.9 Å². The highest BCUT2D eigenvalue weighted by Crippen LogP contribution is 2.07. The number of hydrogen-bond donors (Lipinski definition) is 3. The third-order valence-corrected chi connectivity index (χ3v) is 2.65. The van der Waals surface area contributed by atoms with Crippen LogP contribution in [0, 0.1) is 6.92 Å². The molecule has 0 bridgehead atoms. The number of aryl methyl sites for hydroxylation is 1. The summed E-state index contributed by atoms with van der Waals surface area (Å²) in [6.45, 7) is 3.30. The number of para-hydroxylation sites is 1. The molecule has 3 amide bonds. The van der Waals surface area contributed by atoms with E-state index in [2.05, 4.69) is 21.1 Å². The quantitative estimate of drug-likeness (QED) is 0.803. The number of hydrogen-bond acceptors (Lipinski definition) is 4. The number of nitrogens with zero attached hydrogens (tertiary/aromatic N) is 1. The summed E-state index contributed by atoms with van der Waals surface area (Å²) in [4.78, 5) is 23.6. The number of urea groups is 1. The third kappa shape index (κ3) is 4.34. The molecule has 0 aliphatic rings. The van der Waals surface area contributed by atoms with Crippen LogP contribution in [0.3, 0.4) is 0 Å². The van der Waals surface area contributed by atoms with E-state index in [0.29, 0.717) is 17.3 Å². The van der Waals surface area contributed by atoms with Gasteiger partial charge in [-0.3, -0.25) is 4.79 Å². The number of aromatic nitrogens is 1. The lowest BCUT2D eigenvalue weighted by Gasteiger charge is -2.13. The fraction of sp³-hybridized carbons (Fsp3) is 0.214. The average Bonchev–Trinajstić information content (AvgIpc) is 2.85. The number of benzene rings is 1. The van der Waals surface area contributed by atoms with E-state index in [1.165, 1.54) is 0 Å². The van der Waals surface area contributed by atoms with Crippen molar-refractivity contribution in [2.75, 3.05) is 10.6 Å². The van der Waals surface area contributed by atoms with Gasteiger partial charge in [0.1, 0.15) is 11.8 Å². The zero-order valence-corrected chi connectivity index (χ0v) is 11.7. The Labute approximate surface area is 121 Å². The molecular formula is C14H16N4O3. The monoisotopic (exact) mass is 288 g/mol. The molecule has 3 N–H and O–H groups in total. The highest BCUT2D eigenvalue weighted by molar-refractivity contribution is 5.98. The summed E-state index contributed by atoms with van der Waals surface area (Å²) in [6, 6.07) is 9.38. The van der Waals surface area contributed by atoms with Gasteiger partial charge in [-0.2, -0.15) is 0 Å². The maximum Gasteiger partial charge on any atom is 0.319 e. The highest BCUT2D eigenvalue weighted by atomic mass is 16.5. The van der Waals surface area contributed by atoms with Gasteiger partial charge in [0.15, 0.2) is 5.82 Å². The maximum atomic E-state index is 11.9. The molecule has 0 unspecified atom stereocenters. The minimum absolute atomic E-state index is 0.314. The summed E-state index contributed by atoms with van der Waals surface area (Å²) in [5.74, 6) is 0.522. The van der Waals surface area contributed by atoms with Gasteiger partial charge in [-0.05, 0) is 26.0 Å². The van der Waals surface area contributed by atoms with Crippen molar-refractivity contribution < 1.29 is 14.1 Å². The smallest absolute Gasteiger partial charge is 0.319 e. The second-order valence-electron chi connectivity index (χ2n) is 4.50. The first kappa shape index (κ1) is 14.6. The second-order valence-corrected chi connectivity index (χ2v) is 4.50. The fourth-order valence-electron chi connectivity index (χ4n) is 1.61. The van der Waals surface area contributed by atoms with Crippen LogP contribution < -0.4 is 16.0 Å². The van der Waals surface area contributed by atoms with Crippen molar-refractivity contribution in [1.82, 2.24) is 10.5 Å². The van der Waals surface area contributed by atoms with Gasteiger partial charge in [-0.25, -0.2) is 4.79 Å². The maximum absolute atomic E-state index is 11.9. The summed E-state index contributed by atoms with van der Waals surface area (Å²) in [7, 11) is 0. The molecule has 110 valence electrons. The van der Waals surface area contributed by atoms with Crippen molar-refractivity contribution in [2.45, 2.75) is 19.9 Å². The molecule has 1 aromatic carbocycles. The Kier molecular flexibility index (Phi) is 4.55. The first-order chi connectivity index (χ1) is 10.0. The van der Waals surface area contributed by atoms with Crippen LogP contribution in [0.5, 0.6) is 0 Å². The van der Waals surface area contributed by atoms with E-state index >= 15 is 0 Å². The van der Waals surface area contributed by atoms with Gasteiger partial charge < -0.3 is 20.5 Å². The van der Waals surface area contributed by atoms with Gasteiger partial charge in [0.25, 0.3) is 0 Å². The molecular weight excluding hydrogens is 272 g/mol. The molecule has 0 radical (unpaired) electrons. The van der Waals surface area contributed by atoms with E-state index in [1.54, 1.807) is 44.2 Å². The van der Waals surface area contributed by atoms with Crippen molar-refractivity contribution in [2.24, 2.45) is 0 Å². The second kappa shape index (κ2) is 6.56. The average molecular weight is 288 g/mol. The predicted octanol–water partition coefficient (Wildman–Crippen LogP) is 2.13. The van der Waals surface area contributed by atoms with Crippen molar-refractivity contribution in [3.05, 3.63) is 42.2 Å². The Morgan fingerprint density at radius 3 is 2.52 bits per heavy atom. The third-order valence-electron chi connectivity index (χ3n) is 2.65. The van der Waals surface area contributed by atoms with Crippen LogP contribution in [0.25, 0.3) is 0 Å². The van der Waals surface area contributed by atoms with Crippen molar-refractivity contribution in [1.29, 1.82) is 0 Å². The van der Waals surface area contributed by atoms with E-state index in [0.717, 1.165) is 0 Å². The number of carbonyl (C=O) groups is 2. The summed E-state index contributed by atoms with van der Waals surface area (Å²) >= 11 is 0. The Bertz CT molecular complexity index is 624. The van der Waals surface area contributed by atoms with Crippen LogP contribution in [-0.2, 0) is 4.79 Å². The Morgan fingerprint density at radius 1 is 1.19 bits per heavy atom. The number of carbonyl (C=O) groups excluding carboxylic acids is 2. The lowest BCUT2D eigenvalue weighted by atomic mass is 10.3. The highest BCUT2D eigenvalue weighted by Gasteiger charge is 2.16. The molecule has 2 rings (SSSR count). The molecule has 1 heterocycles. The zero-order valence-electron chi connectivity index (χ0n) is 11.7. The van der Waals surface area contributed by atoms with Gasteiger partial charge in [0.2, 0.25) is 5.91 Å². The number of nitrogens with one attached hydrogen (secondary N) is 3. The SMILES string of the molecule is Cc1cc(NC(=O)[C@H](C)NC(=O)Nc2ccccc2)no1. The first-order valence-electron chi connectivity index (χ1n) is 6.41. The minimum Gasteiger partial charge on any atom is -0.360 e. The lowest BCUT2D eigenvalue weighted by molar-refractivity contribution is -0.117. The zero-order chi connectivity index (χ0) is 15.2. The van der Waals surface area contributed by atoms with E-state index in [4.69, 9.17) is 4.52 Å². The predicted molar refractivity (Wildman–Crippen MR) is 77.9 cm³/mol. The molecule has 1 aromatic heterocycles. The molecule has 21 heavy (non-hydrogen) atoms. The molecule has 7 heteroatoms. The first-order valence-corrected chi connectivity index (χ1v) is 6.41. The Hall–Kier alpha value is -2.83. The topological polar surface area (TPSA) is 96.3 Å². The van der Waals surface area contributed by atoms with Gasteiger partial charge in [0.05, 0.1) is 0 Å². The van der Waals surface area contributed by atoms with Crippen LogP contribution in [0.1, 0.15) is 12.7 Å². The van der Waals surface area contributed by atoms with Crippen LogP contribution in [-0.4, -0.2) is 23.1 Å². The van der Waals surface area contributed by atoms with E-state index in [1.807, 2.05) is 6.07 Å². The Balaban J connectivity index is 1.84. The summed E-state index contributed by atoms with van der Waals surface area (Å²) in [5, 5.41) is 11.4. The molecule has 2 aromatic rings. The van der Waals surface area contributed by atoms with Gasteiger partial charge in [0, 0.05) is 11.8 Å². The van der Waals surface area contributed by atoms with E-state index in [9.17, 15) is 9.59 Å². The summed E-state index contributed by atoms with van der Waals surface area (Å²) < 4.78 is 4.84. The van der Waals surface area contributed by atoms with Crippen LogP contribution in [0.4, 0.5) is 16.3 Å². The number of rotatable bonds is 4. The fourth-order valence-corrected chi connectivity index (χ4v) is 1.61. The number of amides is 3. The molecule has 0 saturated heterocycles. The van der Waals surface area contributed by atoms with Crippen molar-refractivity contribution >= 4 is 23.4 Å². The summed E-state index contributed by atoms with van der Waals surface area (Å²) in [5.41, 5.74) is 0.648. The van der Waals surface area contributed by atoms with E-state index < -0.39 is 12.1 Å². The molecule has 0 aliphatic carbocycles. The standard InChI is InChI=1S/C14H16N4O3/c1-9-8-12(18-21-9)17-13(19)10(2)15-14(20)16-11-6-4-3-5-7-11/h3-8,10H,1-2H3,(H2,15,16,20)(H,17,18,19)/t10-/m0/s1. The molecule has 0 spiro atoms. The van der Waals surface area contributed by atoms with Crippen molar-refractivity contribution in [3.63, 3.8) is 0 Å². The lowest BCUT2D eigenvalue weighted by Crippen LogP contribution is -2.43. The molecule has 0 aliphatic heterocycles. The van der Waals surface area contributed by atoms with Crippen LogP contribution in [0.2, 0.25) is 0 Å².